The first-order valence-corrected chi connectivity index (χ1v) is 5.82. The number of rotatable bonds is 4. The summed E-state index contributed by atoms with van der Waals surface area (Å²) in [6, 6.07) is 6.35. The minimum absolute atomic E-state index is 0.0622. The number of primary sulfonamides is 1. The highest BCUT2D eigenvalue weighted by atomic mass is 32.2. The fourth-order valence-corrected chi connectivity index (χ4v) is 1.86. The number of hydrogen-bond acceptors (Lipinski definition) is 3. The lowest BCUT2D eigenvalue weighted by atomic mass is 10.2. The maximum Gasteiger partial charge on any atom is 0.238 e. The number of allylic oxidation sites excluding steroid dienone is 1. The second-order valence-electron chi connectivity index (χ2n) is 2.89. The van der Waals surface area contributed by atoms with E-state index in [2.05, 4.69) is 0 Å². The highest BCUT2D eigenvalue weighted by molar-refractivity contribution is 7.89. The molecule has 2 N–H and O–H groups in total. The average Bonchev–Trinajstić information content (AvgIpc) is 2.17. The summed E-state index contributed by atoms with van der Waals surface area (Å²) in [4.78, 5) is 10.1. The van der Waals surface area contributed by atoms with Gasteiger partial charge in [-0.15, -0.1) is 0 Å². The monoisotopic (exact) mass is 225 g/mol. The Hall–Kier alpha value is -1.46. The van der Waals surface area contributed by atoms with Crippen LogP contribution in [0, 0.1) is 0 Å². The molecule has 0 saturated carbocycles. The molecule has 1 aromatic rings. The average molecular weight is 225 g/mol. The molecule has 15 heavy (non-hydrogen) atoms. The van der Waals surface area contributed by atoms with Crippen LogP contribution in [0.2, 0.25) is 0 Å². The van der Waals surface area contributed by atoms with Crippen molar-refractivity contribution in [1.82, 2.24) is 0 Å². The predicted octanol–water partition coefficient (Wildman–Crippen LogP) is 0.936. The number of carbonyl (C=O) groups excluding carboxylic acids is 1. The fourth-order valence-electron chi connectivity index (χ4n) is 1.13. The highest BCUT2D eigenvalue weighted by Crippen LogP contribution is 2.15. The SMILES string of the molecule is NS(=O)(=O)c1ccccc1C=CCC=O. The lowest BCUT2D eigenvalue weighted by Gasteiger charge is -2.01. The normalized spacial score (nSPS) is 11.8. The van der Waals surface area contributed by atoms with Gasteiger partial charge in [-0.05, 0) is 11.6 Å². The van der Waals surface area contributed by atoms with E-state index in [0.717, 1.165) is 6.29 Å². The van der Waals surface area contributed by atoms with Gasteiger partial charge in [-0.3, -0.25) is 0 Å². The van der Waals surface area contributed by atoms with E-state index in [-0.39, 0.29) is 11.3 Å². The second kappa shape index (κ2) is 4.86. The quantitative estimate of drug-likeness (QED) is 0.774. The molecule has 0 aromatic heterocycles. The number of hydrogen-bond donors (Lipinski definition) is 1. The van der Waals surface area contributed by atoms with Crippen molar-refractivity contribution in [2.45, 2.75) is 11.3 Å². The van der Waals surface area contributed by atoms with Crippen molar-refractivity contribution in [2.24, 2.45) is 5.14 Å². The predicted molar refractivity (Wildman–Crippen MR) is 57.5 cm³/mol. The van der Waals surface area contributed by atoms with Crippen molar-refractivity contribution in [2.75, 3.05) is 0 Å². The van der Waals surface area contributed by atoms with Crippen LogP contribution >= 0.6 is 0 Å². The Bertz CT molecular complexity index is 477. The zero-order valence-corrected chi connectivity index (χ0v) is 8.78. The van der Waals surface area contributed by atoms with Gasteiger partial charge in [0.05, 0.1) is 4.90 Å². The second-order valence-corrected chi connectivity index (χ2v) is 4.42. The van der Waals surface area contributed by atoms with Gasteiger partial charge < -0.3 is 4.79 Å². The molecule has 0 aliphatic carbocycles. The minimum atomic E-state index is -3.71. The molecule has 0 saturated heterocycles. The van der Waals surface area contributed by atoms with Crippen LogP contribution in [-0.4, -0.2) is 14.7 Å². The minimum Gasteiger partial charge on any atom is -0.303 e. The van der Waals surface area contributed by atoms with E-state index >= 15 is 0 Å². The standard InChI is InChI=1S/C10H11NO3S/c11-15(13,14)10-7-2-1-5-9(10)6-3-4-8-12/h1-3,5-8H,4H2,(H2,11,13,14). The van der Waals surface area contributed by atoms with Gasteiger partial charge in [0.2, 0.25) is 10.0 Å². The van der Waals surface area contributed by atoms with Gasteiger partial charge in [0.15, 0.2) is 0 Å². The molecule has 0 bridgehead atoms. The Morgan fingerprint density at radius 3 is 2.53 bits per heavy atom. The lowest BCUT2D eigenvalue weighted by molar-refractivity contribution is -0.107. The van der Waals surface area contributed by atoms with Crippen molar-refractivity contribution in [3.8, 4) is 0 Å². The largest absolute Gasteiger partial charge is 0.303 e. The summed E-state index contributed by atoms with van der Waals surface area (Å²) in [5.74, 6) is 0. The fraction of sp³-hybridized carbons (Fsp3) is 0.100. The molecule has 0 aliphatic rings. The summed E-state index contributed by atoms with van der Waals surface area (Å²) in [6.07, 6.45) is 4.13. The molecule has 0 fully saturated rings. The molecule has 1 aromatic carbocycles. The Balaban J connectivity index is 3.13. The maximum absolute atomic E-state index is 11.2. The third kappa shape index (κ3) is 3.30. The van der Waals surface area contributed by atoms with Crippen molar-refractivity contribution in [3.05, 3.63) is 35.9 Å². The van der Waals surface area contributed by atoms with Gasteiger partial charge in [-0.2, -0.15) is 0 Å². The molecule has 0 unspecified atom stereocenters. The van der Waals surface area contributed by atoms with Crippen molar-refractivity contribution < 1.29 is 13.2 Å². The molecule has 4 nitrogen and oxygen atoms in total. The van der Waals surface area contributed by atoms with Gasteiger partial charge in [0.25, 0.3) is 0 Å². The third-order valence-corrected chi connectivity index (χ3v) is 2.74. The Morgan fingerprint density at radius 1 is 1.27 bits per heavy atom. The summed E-state index contributed by atoms with van der Waals surface area (Å²) in [7, 11) is -3.71. The third-order valence-electron chi connectivity index (χ3n) is 1.76. The van der Waals surface area contributed by atoms with E-state index in [9.17, 15) is 13.2 Å². The van der Waals surface area contributed by atoms with E-state index in [1.807, 2.05) is 0 Å². The van der Waals surface area contributed by atoms with Gasteiger partial charge in [-0.1, -0.05) is 30.4 Å². The van der Waals surface area contributed by atoms with E-state index in [1.165, 1.54) is 6.07 Å². The first kappa shape index (κ1) is 11.6. The Labute approximate surface area is 88.5 Å². The molecule has 80 valence electrons. The summed E-state index contributed by atoms with van der Waals surface area (Å²) in [5.41, 5.74) is 0.488. The van der Waals surface area contributed by atoms with Crippen LogP contribution < -0.4 is 5.14 Å². The van der Waals surface area contributed by atoms with Crippen LogP contribution in [0.3, 0.4) is 0 Å². The molecule has 0 spiro atoms. The molecule has 0 radical (unpaired) electrons. The molecule has 1 rings (SSSR count). The zero-order valence-electron chi connectivity index (χ0n) is 7.96. The molecular formula is C10H11NO3S. The smallest absolute Gasteiger partial charge is 0.238 e. The van der Waals surface area contributed by atoms with Gasteiger partial charge in [0.1, 0.15) is 6.29 Å². The number of benzene rings is 1. The molecule has 0 heterocycles. The Kier molecular flexibility index (Phi) is 3.76. The van der Waals surface area contributed by atoms with Crippen LogP contribution in [0.25, 0.3) is 6.08 Å². The molecule has 0 amide bonds. The van der Waals surface area contributed by atoms with Gasteiger partial charge in [-0.25, -0.2) is 13.6 Å². The molecular weight excluding hydrogens is 214 g/mol. The first-order chi connectivity index (χ1) is 7.05. The number of sulfonamides is 1. The molecule has 0 aliphatic heterocycles. The van der Waals surface area contributed by atoms with Crippen molar-refractivity contribution in [3.63, 3.8) is 0 Å². The first-order valence-electron chi connectivity index (χ1n) is 4.27. The molecule has 0 atom stereocenters. The van der Waals surface area contributed by atoms with E-state index in [4.69, 9.17) is 5.14 Å². The van der Waals surface area contributed by atoms with Crippen LogP contribution in [-0.2, 0) is 14.8 Å². The highest BCUT2D eigenvalue weighted by Gasteiger charge is 2.10. The van der Waals surface area contributed by atoms with E-state index in [0.29, 0.717) is 5.56 Å². The van der Waals surface area contributed by atoms with Crippen molar-refractivity contribution >= 4 is 22.4 Å². The van der Waals surface area contributed by atoms with Crippen LogP contribution in [0.5, 0.6) is 0 Å². The topological polar surface area (TPSA) is 77.2 Å². The van der Waals surface area contributed by atoms with Crippen LogP contribution in [0.15, 0.2) is 35.2 Å². The van der Waals surface area contributed by atoms with Crippen LogP contribution in [0.4, 0.5) is 0 Å². The van der Waals surface area contributed by atoms with Crippen molar-refractivity contribution in [1.29, 1.82) is 0 Å². The molecule has 5 heteroatoms. The summed E-state index contributed by atoms with van der Waals surface area (Å²) >= 11 is 0. The number of nitrogens with two attached hydrogens (primary N) is 1. The summed E-state index contributed by atoms with van der Waals surface area (Å²) in [6.45, 7) is 0. The number of carbonyl (C=O) groups is 1. The van der Waals surface area contributed by atoms with Crippen LogP contribution in [0.1, 0.15) is 12.0 Å². The van der Waals surface area contributed by atoms with Gasteiger partial charge in [0, 0.05) is 6.42 Å². The van der Waals surface area contributed by atoms with E-state index in [1.54, 1.807) is 30.4 Å². The Morgan fingerprint density at radius 2 is 1.93 bits per heavy atom. The number of aldehydes is 1. The summed E-state index contributed by atoms with van der Waals surface area (Å²) < 4.78 is 22.3. The van der Waals surface area contributed by atoms with Gasteiger partial charge >= 0.3 is 0 Å². The lowest BCUT2D eigenvalue weighted by Crippen LogP contribution is -2.13. The zero-order chi connectivity index (χ0) is 11.3. The summed E-state index contributed by atoms with van der Waals surface area (Å²) in [5, 5.41) is 5.03. The maximum atomic E-state index is 11.2. The van der Waals surface area contributed by atoms with E-state index < -0.39 is 10.0 Å².